The van der Waals surface area contributed by atoms with Crippen molar-refractivity contribution in [3.05, 3.63) is 35.5 Å². The molecule has 2 rings (SSSR count). The number of nitrogens with zero attached hydrogens (tertiary/aromatic N) is 1. The van der Waals surface area contributed by atoms with Crippen LogP contribution in [0.25, 0.3) is 10.9 Å². The van der Waals surface area contributed by atoms with Crippen LogP contribution in [0.4, 0.5) is 0 Å². The Hall–Kier alpha value is -1.61. The van der Waals surface area contributed by atoms with Crippen molar-refractivity contribution in [3.63, 3.8) is 0 Å². The van der Waals surface area contributed by atoms with E-state index in [1.807, 2.05) is 33.0 Å². The molecular weight excluding hydrogens is 236 g/mol. The Morgan fingerprint density at radius 2 is 2.05 bits per heavy atom. The lowest BCUT2D eigenvalue weighted by Gasteiger charge is -2.11. The summed E-state index contributed by atoms with van der Waals surface area (Å²) in [5, 5.41) is 4.30. The van der Waals surface area contributed by atoms with Crippen molar-refractivity contribution in [2.24, 2.45) is 0 Å². The zero-order valence-corrected chi connectivity index (χ0v) is 12.2. The van der Waals surface area contributed by atoms with Crippen molar-refractivity contribution in [1.82, 2.24) is 10.3 Å². The molecule has 0 unspecified atom stereocenters. The third-order valence-corrected chi connectivity index (χ3v) is 3.07. The second kappa shape index (κ2) is 6.02. The Balaban J connectivity index is 2.34. The summed E-state index contributed by atoms with van der Waals surface area (Å²) in [4.78, 5) is 4.74. The number of benzene rings is 1. The number of hydrogen-bond acceptors (Lipinski definition) is 3. The molecule has 1 heterocycles. The monoisotopic (exact) mass is 258 g/mol. The van der Waals surface area contributed by atoms with E-state index in [4.69, 9.17) is 9.72 Å². The molecule has 0 aliphatic heterocycles. The summed E-state index contributed by atoms with van der Waals surface area (Å²) in [6.07, 6.45) is 1.16. The number of ether oxygens (including phenoxy) is 1. The van der Waals surface area contributed by atoms with Gasteiger partial charge in [0.1, 0.15) is 5.75 Å². The molecule has 0 saturated carbocycles. The molecule has 0 fully saturated rings. The molecule has 0 aliphatic carbocycles. The summed E-state index contributed by atoms with van der Waals surface area (Å²) in [7, 11) is 1.96. The molecule has 3 heteroatoms. The number of aromatic nitrogens is 1. The normalized spacial score (nSPS) is 11.2. The number of rotatable bonds is 5. The highest BCUT2D eigenvalue weighted by atomic mass is 16.5. The summed E-state index contributed by atoms with van der Waals surface area (Å²) in [5.74, 6) is 0.909. The van der Waals surface area contributed by atoms with Crippen LogP contribution in [0.15, 0.2) is 24.3 Å². The smallest absolute Gasteiger partial charge is 0.120 e. The summed E-state index contributed by atoms with van der Waals surface area (Å²) in [6, 6.07) is 8.29. The Morgan fingerprint density at radius 1 is 1.26 bits per heavy atom. The Labute approximate surface area is 115 Å². The van der Waals surface area contributed by atoms with Crippen molar-refractivity contribution in [1.29, 1.82) is 0 Å². The van der Waals surface area contributed by atoms with Gasteiger partial charge in [-0.15, -0.1) is 0 Å². The predicted molar refractivity (Wildman–Crippen MR) is 79.9 cm³/mol. The van der Waals surface area contributed by atoms with Gasteiger partial charge in [0.15, 0.2) is 0 Å². The Kier molecular flexibility index (Phi) is 4.38. The molecule has 0 aliphatic rings. The number of hydrogen-bond donors (Lipinski definition) is 1. The van der Waals surface area contributed by atoms with Gasteiger partial charge < -0.3 is 10.1 Å². The number of aryl methyl sites for hydroxylation is 1. The van der Waals surface area contributed by atoms with E-state index in [-0.39, 0.29) is 6.10 Å². The molecule has 0 atom stereocenters. The molecule has 1 aromatic heterocycles. The molecular formula is C16H22N2O. The van der Waals surface area contributed by atoms with Crippen molar-refractivity contribution in [2.45, 2.75) is 33.3 Å². The van der Waals surface area contributed by atoms with Crippen LogP contribution in [0.3, 0.4) is 0 Å². The zero-order valence-electron chi connectivity index (χ0n) is 12.2. The van der Waals surface area contributed by atoms with E-state index in [9.17, 15) is 0 Å². The topological polar surface area (TPSA) is 34.2 Å². The predicted octanol–water partition coefficient (Wildman–Crippen LogP) is 3.09. The van der Waals surface area contributed by atoms with E-state index in [1.54, 1.807) is 0 Å². The summed E-state index contributed by atoms with van der Waals surface area (Å²) in [5.41, 5.74) is 3.44. The van der Waals surface area contributed by atoms with E-state index in [2.05, 4.69) is 24.4 Å². The Bertz CT molecular complexity index is 564. The standard InChI is InChI=1S/C16H22N2O/c1-11(2)19-14-5-6-16-13(10-14)9-12(3)15(18-16)7-8-17-4/h5-6,9-11,17H,7-8H2,1-4H3. The van der Waals surface area contributed by atoms with Crippen LogP contribution in [0.1, 0.15) is 25.1 Å². The lowest BCUT2D eigenvalue weighted by atomic mass is 10.1. The maximum atomic E-state index is 5.72. The van der Waals surface area contributed by atoms with Crippen LogP contribution in [0, 0.1) is 6.92 Å². The first-order valence-corrected chi connectivity index (χ1v) is 6.81. The molecule has 0 spiro atoms. The van der Waals surface area contributed by atoms with Gasteiger partial charge in [-0.1, -0.05) is 0 Å². The zero-order chi connectivity index (χ0) is 13.8. The molecule has 2 aromatic rings. The van der Waals surface area contributed by atoms with Gasteiger partial charge in [-0.05, 0) is 57.6 Å². The van der Waals surface area contributed by atoms with Crippen molar-refractivity contribution < 1.29 is 4.74 Å². The molecule has 0 radical (unpaired) electrons. The first-order valence-electron chi connectivity index (χ1n) is 6.81. The lowest BCUT2D eigenvalue weighted by Crippen LogP contribution is -2.12. The molecule has 0 saturated heterocycles. The molecule has 3 nitrogen and oxygen atoms in total. The minimum atomic E-state index is 0.196. The van der Waals surface area contributed by atoms with Crippen LogP contribution in [-0.2, 0) is 6.42 Å². The average molecular weight is 258 g/mol. The van der Waals surface area contributed by atoms with E-state index in [1.165, 1.54) is 11.3 Å². The van der Waals surface area contributed by atoms with Gasteiger partial charge in [0.25, 0.3) is 0 Å². The highest BCUT2D eigenvalue weighted by Crippen LogP contribution is 2.22. The number of fused-ring (bicyclic) bond motifs is 1. The minimum absolute atomic E-state index is 0.196. The van der Waals surface area contributed by atoms with Crippen LogP contribution < -0.4 is 10.1 Å². The van der Waals surface area contributed by atoms with Gasteiger partial charge in [0.05, 0.1) is 11.6 Å². The molecule has 102 valence electrons. The second-order valence-corrected chi connectivity index (χ2v) is 5.13. The quantitative estimate of drug-likeness (QED) is 0.895. The van der Waals surface area contributed by atoms with Gasteiger partial charge in [0, 0.05) is 24.0 Å². The Morgan fingerprint density at radius 3 is 2.74 bits per heavy atom. The summed E-state index contributed by atoms with van der Waals surface area (Å²) >= 11 is 0. The number of nitrogens with one attached hydrogen (secondary N) is 1. The fourth-order valence-electron chi connectivity index (χ4n) is 2.14. The van der Waals surface area contributed by atoms with Crippen LogP contribution >= 0.6 is 0 Å². The minimum Gasteiger partial charge on any atom is -0.491 e. The molecule has 19 heavy (non-hydrogen) atoms. The highest BCUT2D eigenvalue weighted by molar-refractivity contribution is 5.81. The number of likely N-dealkylation sites (N-methyl/N-ethyl adjacent to an activating group) is 1. The van der Waals surface area contributed by atoms with Crippen molar-refractivity contribution in [2.75, 3.05) is 13.6 Å². The fourth-order valence-corrected chi connectivity index (χ4v) is 2.14. The third-order valence-electron chi connectivity index (χ3n) is 3.07. The van der Waals surface area contributed by atoms with Crippen molar-refractivity contribution >= 4 is 10.9 Å². The van der Waals surface area contributed by atoms with E-state index in [0.717, 1.165) is 29.6 Å². The third kappa shape index (κ3) is 3.44. The second-order valence-electron chi connectivity index (χ2n) is 5.13. The van der Waals surface area contributed by atoms with E-state index in [0.29, 0.717) is 0 Å². The molecule has 1 N–H and O–H groups in total. The maximum absolute atomic E-state index is 5.72. The van der Waals surface area contributed by atoms with Gasteiger partial charge in [-0.3, -0.25) is 4.98 Å². The lowest BCUT2D eigenvalue weighted by molar-refractivity contribution is 0.243. The van der Waals surface area contributed by atoms with Gasteiger partial charge in [0.2, 0.25) is 0 Å². The number of pyridine rings is 1. The first kappa shape index (κ1) is 13.8. The average Bonchev–Trinajstić information content (AvgIpc) is 2.35. The molecule has 0 amide bonds. The van der Waals surface area contributed by atoms with Crippen LogP contribution in [0.2, 0.25) is 0 Å². The van der Waals surface area contributed by atoms with Gasteiger partial charge >= 0.3 is 0 Å². The van der Waals surface area contributed by atoms with E-state index >= 15 is 0 Å². The first-order chi connectivity index (χ1) is 9.10. The summed E-state index contributed by atoms with van der Waals surface area (Å²) < 4.78 is 5.72. The van der Waals surface area contributed by atoms with E-state index < -0.39 is 0 Å². The summed E-state index contributed by atoms with van der Waals surface area (Å²) in [6.45, 7) is 7.14. The SMILES string of the molecule is CNCCc1nc2ccc(OC(C)C)cc2cc1C. The highest BCUT2D eigenvalue weighted by Gasteiger charge is 2.05. The van der Waals surface area contributed by atoms with Gasteiger partial charge in [-0.25, -0.2) is 0 Å². The van der Waals surface area contributed by atoms with Crippen LogP contribution in [0.5, 0.6) is 5.75 Å². The molecule has 1 aromatic carbocycles. The maximum Gasteiger partial charge on any atom is 0.120 e. The molecule has 0 bridgehead atoms. The van der Waals surface area contributed by atoms with Crippen molar-refractivity contribution in [3.8, 4) is 5.75 Å². The largest absolute Gasteiger partial charge is 0.491 e. The van der Waals surface area contributed by atoms with Crippen LogP contribution in [-0.4, -0.2) is 24.7 Å². The fraction of sp³-hybridized carbons (Fsp3) is 0.438. The van der Waals surface area contributed by atoms with Gasteiger partial charge in [-0.2, -0.15) is 0 Å².